The van der Waals surface area contributed by atoms with Gasteiger partial charge in [0.25, 0.3) is 15.9 Å². The molecule has 176 valence electrons. The zero-order chi connectivity index (χ0) is 24.7. The number of carbonyl (C=O) groups is 1. The molecule has 3 rings (SSSR count). The monoisotopic (exact) mass is 481 g/mol. The van der Waals surface area contributed by atoms with Gasteiger partial charge in [-0.25, -0.2) is 8.42 Å². The number of amides is 1. The van der Waals surface area contributed by atoms with E-state index in [0.29, 0.717) is 22.7 Å². The van der Waals surface area contributed by atoms with Crippen molar-refractivity contribution in [3.63, 3.8) is 0 Å². The molecule has 0 radical (unpaired) electrons. The van der Waals surface area contributed by atoms with Crippen molar-refractivity contribution < 1.29 is 27.4 Å². The largest absolute Gasteiger partial charge is 0.497 e. The number of anilines is 2. The first-order valence-corrected chi connectivity index (χ1v) is 11.6. The highest BCUT2D eigenvalue weighted by molar-refractivity contribution is 7.92. The maximum absolute atomic E-state index is 13.0. The molecule has 0 aliphatic heterocycles. The van der Waals surface area contributed by atoms with Crippen molar-refractivity contribution in [2.75, 3.05) is 24.3 Å². The lowest BCUT2D eigenvalue weighted by Crippen LogP contribution is -2.30. The minimum Gasteiger partial charge on any atom is -0.497 e. The lowest BCUT2D eigenvalue weighted by atomic mass is 10.2. The van der Waals surface area contributed by atoms with E-state index in [2.05, 4.69) is 10.0 Å². The van der Waals surface area contributed by atoms with Crippen molar-refractivity contribution in [3.8, 4) is 23.3 Å². The Kier molecular flexibility index (Phi) is 7.60. The minimum atomic E-state index is -4.04. The number of nitriles is 1. The Bertz CT molecular complexity index is 1320. The van der Waals surface area contributed by atoms with Crippen molar-refractivity contribution >= 4 is 27.3 Å². The summed E-state index contributed by atoms with van der Waals surface area (Å²) < 4.78 is 44.4. The van der Waals surface area contributed by atoms with Gasteiger partial charge in [-0.3, -0.25) is 9.52 Å². The number of nitrogens with zero attached hydrogens (tertiary/aromatic N) is 1. The fourth-order valence-electron chi connectivity index (χ4n) is 2.97. The number of hydrogen-bond donors (Lipinski definition) is 2. The number of nitrogens with one attached hydrogen (secondary N) is 2. The van der Waals surface area contributed by atoms with Gasteiger partial charge in [-0.05, 0) is 67.6 Å². The summed E-state index contributed by atoms with van der Waals surface area (Å²) in [6, 6.07) is 19.1. The topological polar surface area (TPSA) is 127 Å². The average molecular weight is 482 g/mol. The van der Waals surface area contributed by atoms with E-state index in [-0.39, 0.29) is 16.3 Å². The van der Waals surface area contributed by atoms with Crippen LogP contribution in [0.4, 0.5) is 11.4 Å². The molecule has 0 aromatic heterocycles. The highest BCUT2D eigenvalue weighted by atomic mass is 32.2. The van der Waals surface area contributed by atoms with Crippen LogP contribution in [-0.2, 0) is 14.8 Å². The molecule has 1 unspecified atom stereocenters. The van der Waals surface area contributed by atoms with Crippen LogP contribution in [0, 0.1) is 11.3 Å². The summed E-state index contributed by atoms with van der Waals surface area (Å²) in [6.45, 7) is 1.54. The van der Waals surface area contributed by atoms with Gasteiger partial charge >= 0.3 is 0 Å². The lowest BCUT2D eigenvalue weighted by molar-refractivity contribution is -0.122. The first-order valence-electron chi connectivity index (χ1n) is 10.1. The molecule has 0 aliphatic rings. The average Bonchev–Trinajstić information content (AvgIpc) is 2.84. The standard InChI is InChI=1S/C24H23N3O6S/c1-16(33-21-6-4-5-17(13-21)15-25)24(28)26-19-9-12-22(32-3)23(14-19)34(29,30)27-18-7-10-20(31-2)11-8-18/h4-14,16,27H,1-3H3,(H,26,28). The molecule has 0 heterocycles. The van der Waals surface area contributed by atoms with Gasteiger partial charge in [0.05, 0.1) is 25.9 Å². The molecule has 0 bridgehead atoms. The van der Waals surface area contributed by atoms with Crippen LogP contribution in [0.3, 0.4) is 0 Å². The maximum Gasteiger partial charge on any atom is 0.265 e. The number of carbonyl (C=O) groups excluding carboxylic acids is 1. The highest BCUT2D eigenvalue weighted by Crippen LogP contribution is 2.29. The van der Waals surface area contributed by atoms with Crippen LogP contribution in [-0.4, -0.2) is 34.6 Å². The molecule has 2 N–H and O–H groups in total. The van der Waals surface area contributed by atoms with Gasteiger partial charge in [-0.2, -0.15) is 5.26 Å². The zero-order valence-corrected chi connectivity index (χ0v) is 19.5. The molecule has 10 heteroatoms. The first kappa shape index (κ1) is 24.4. The van der Waals surface area contributed by atoms with E-state index in [4.69, 9.17) is 19.5 Å². The Balaban J connectivity index is 1.78. The van der Waals surface area contributed by atoms with Gasteiger partial charge in [0, 0.05) is 11.4 Å². The van der Waals surface area contributed by atoms with Gasteiger partial charge < -0.3 is 19.5 Å². The third-order valence-corrected chi connectivity index (χ3v) is 6.11. The molecule has 1 amide bonds. The number of rotatable bonds is 9. The van der Waals surface area contributed by atoms with E-state index in [1.165, 1.54) is 38.5 Å². The van der Waals surface area contributed by atoms with E-state index in [0.717, 1.165) is 0 Å². The molecule has 3 aromatic carbocycles. The van der Waals surface area contributed by atoms with Crippen LogP contribution in [0.15, 0.2) is 71.6 Å². The van der Waals surface area contributed by atoms with Gasteiger partial charge in [-0.15, -0.1) is 0 Å². The molecule has 9 nitrogen and oxygen atoms in total. The number of benzene rings is 3. The molecular weight excluding hydrogens is 458 g/mol. The van der Waals surface area contributed by atoms with Crippen LogP contribution in [0.1, 0.15) is 12.5 Å². The molecule has 1 atom stereocenters. The molecule has 0 spiro atoms. The van der Waals surface area contributed by atoms with E-state index in [1.807, 2.05) is 6.07 Å². The third-order valence-electron chi connectivity index (χ3n) is 4.71. The predicted molar refractivity (Wildman–Crippen MR) is 127 cm³/mol. The summed E-state index contributed by atoms with van der Waals surface area (Å²) in [5, 5.41) is 11.6. The van der Waals surface area contributed by atoms with Gasteiger partial charge in [0.15, 0.2) is 6.10 Å². The summed E-state index contributed by atoms with van der Waals surface area (Å²) in [5.74, 6) is 0.555. The maximum atomic E-state index is 13.0. The van der Waals surface area contributed by atoms with Gasteiger partial charge in [0.1, 0.15) is 22.1 Å². The van der Waals surface area contributed by atoms with Crippen LogP contribution in [0.2, 0.25) is 0 Å². The number of sulfonamides is 1. The molecule has 34 heavy (non-hydrogen) atoms. The van der Waals surface area contributed by atoms with Gasteiger partial charge in [-0.1, -0.05) is 6.07 Å². The molecule has 0 saturated carbocycles. The van der Waals surface area contributed by atoms with E-state index in [1.54, 1.807) is 49.4 Å². The van der Waals surface area contributed by atoms with Crippen LogP contribution >= 0.6 is 0 Å². The quantitative estimate of drug-likeness (QED) is 0.476. The second kappa shape index (κ2) is 10.6. The second-order valence-corrected chi connectivity index (χ2v) is 8.74. The first-order chi connectivity index (χ1) is 16.2. The van der Waals surface area contributed by atoms with Crippen LogP contribution < -0.4 is 24.2 Å². The van der Waals surface area contributed by atoms with Crippen molar-refractivity contribution in [1.82, 2.24) is 0 Å². The highest BCUT2D eigenvalue weighted by Gasteiger charge is 2.22. The smallest absolute Gasteiger partial charge is 0.265 e. The molecule has 0 saturated heterocycles. The normalized spacial score (nSPS) is 11.6. The number of hydrogen-bond acceptors (Lipinski definition) is 7. The van der Waals surface area contributed by atoms with E-state index < -0.39 is 22.0 Å². The molecular formula is C24H23N3O6S. The van der Waals surface area contributed by atoms with Crippen molar-refractivity contribution in [2.24, 2.45) is 0 Å². The minimum absolute atomic E-state index is 0.108. The summed E-state index contributed by atoms with van der Waals surface area (Å²) in [5.41, 5.74) is 0.973. The van der Waals surface area contributed by atoms with E-state index in [9.17, 15) is 13.2 Å². The SMILES string of the molecule is COc1ccc(NS(=O)(=O)c2cc(NC(=O)C(C)Oc3cccc(C#N)c3)ccc2OC)cc1. The molecule has 3 aromatic rings. The summed E-state index contributed by atoms with van der Waals surface area (Å²) >= 11 is 0. The third kappa shape index (κ3) is 5.96. The summed E-state index contributed by atoms with van der Waals surface area (Å²) in [4.78, 5) is 12.5. The summed E-state index contributed by atoms with van der Waals surface area (Å²) in [7, 11) is -1.17. The van der Waals surface area contributed by atoms with Crippen molar-refractivity contribution in [1.29, 1.82) is 5.26 Å². The molecule has 0 fully saturated rings. The van der Waals surface area contributed by atoms with Crippen LogP contribution in [0.5, 0.6) is 17.2 Å². The number of ether oxygens (including phenoxy) is 3. The van der Waals surface area contributed by atoms with Crippen molar-refractivity contribution in [2.45, 2.75) is 17.9 Å². The second-order valence-electron chi connectivity index (χ2n) is 7.09. The fourth-order valence-corrected chi connectivity index (χ4v) is 4.23. The Morgan fingerprint density at radius 3 is 2.29 bits per heavy atom. The molecule has 0 aliphatic carbocycles. The van der Waals surface area contributed by atoms with Crippen molar-refractivity contribution in [3.05, 3.63) is 72.3 Å². The Labute approximate surface area is 197 Å². The Morgan fingerprint density at radius 1 is 0.941 bits per heavy atom. The summed E-state index contributed by atoms with van der Waals surface area (Å²) in [6.07, 6.45) is -0.909. The lowest BCUT2D eigenvalue weighted by Gasteiger charge is -2.16. The van der Waals surface area contributed by atoms with E-state index >= 15 is 0 Å². The predicted octanol–water partition coefficient (Wildman–Crippen LogP) is 3.78. The zero-order valence-electron chi connectivity index (χ0n) is 18.7. The Hall–Kier alpha value is -4.23. The number of methoxy groups -OCH3 is 2. The Morgan fingerprint density at radius 2 is 1.65 bits per heavy atom. The fraction of sp³-hybridized carbons (Fsp3) is 0.167. The van der Waals surface area contributed by atoms with Crippen LogP contribution in [0.25, 0.3) is 0 Å². The van der Waals surface area contributed by atoms with Gasteiger partial charge in [0.2, 0.25) is 0 Å².